The summed E-state index contributed by atoms with van der Waals surface area (Å²) >= 11 is 1.46. The maximum absolute atomic E-state index is 11.6. The topological polar surface area (TPSA) is 80.9 Å². The van der Waals surface area contributed by atoms with E-state index in [2.05, 4.69) is 26.0 Å². The second kappa shape index (κ2) is 12.4. The van der Waals surface area contributed by atoms with Gasteiger partial charge in [0.15, 0.2) is 0 Å². The molecule has 204 valence electrons. The molecular formula is C32H46O4S. The van der Waals surface area contributed by atoms with Crippen LogP contribution in [0.1, 0.15) is 113 Å². The summed E-state index contributed by atoms with van der Waals surface area (Å²) < 4.78 is 0. The Morgan fingerprint density at radius 3 is 1.35 bits per heavy atom. The number of phenolic OH excluding ortho intramolecular Hbond substituents is 2. The van der Waals surface area contributed by atoms with Crippen LogP contribution < -0.4 is 0 Å². The first-order valence-electron chi connectivity index (χ1n) is 14.4. The Hall–Kier alpha value is -1.69. The maximum atomic E-state index is 11.6. The highest BCUT2D eigenvalue weighted by atomic mass is 32.2. The van der Waals surface area contributed by atoms with E-state index in [9.17, 15) is 20.4 Å². The fourth-order valence-electron chi connectivity index (χ4n) is 6.58. The van der Waals surface area contributed by atoms with Gasteiger partial charge in [0.2, 0.25) is 0 Å². The Morgan fingerprint density at radius 1 is 0.622 bits per heavy atom. The highest BCUT2D eigenvalue weighted by Crippen LogP contribution is 2.51. The van der Waals surface area contributed by atoms with Crippen LogP contribution in [-0.4, -0.2) is 33.6 Å². The number of aromatic hydroxyl groups is 2. The van der Waals surface area contributed by atoms with Crippen molar-refractivity contribution in [3.63, 3.8) is 0 Å². The highest BCUT2D eigenvalue weighted by Gasteiger charge is 2.34. The average Bonchev–Trinajstić information content (AvgIpc) is 2.89. The van der Waals surface area contributed by atoms with Crippen molar-refractivity contribution in [1.82, 2.24) is 0 Å². The van der Waals surface area contributed by atoms with Crippen LogP contribution in [0.4, 0.5) is 0 Å². The van der Waals surface area contributed by atoms with Crippen LogP contribution in [0, 0.1) is 0 Å². The molecule has 0 radical (unpaired) electrons. The van der Waals surface area contributed by atoms with Crippen molar-refractivity contribution in [3.8, 4) is 11.5 Å². The quantitative estimate of drug-likeness (QED) is 0.257. The minimum Gasteiger partial charge on any atom is -0.506 e. The van der Waals surface area contributed by atoms with Crippen LogP contribution in [0.2, 0.25) is 0 Å². The van der Waals surface area contributed by atoms with Gasteiger partial charge in [-0.05, 0) is 85.5 Å². The van der Waals surface area contributed by atoms with Gasteiger partial charge in [0.25, 0.3) is 0 Å². The molecular weight excluding hydrogens is 480 g/mol. The summed E-state index contributed by atoms with van der Waals surface area (Å²) in [5, 5.41) is 42.1. The molecule has 0 atom stereocenters. The summed E-state index contributed by atoms with van der Waals surface area (Å²) in [6.45, 7) is 4.85. The normalized spacial score (nSPS) is 19.1. The van der Waals surface area contributed by atoms with Crippen LogP contribution >= 0.6 is 11.8 Å². The van der Waals surface area contributed by atoms with Gasteiger partial charge < -0.3 is 20.4 Å². The van der Waals surface area contributed by atoms with Crippen molar-refractivity contribution in [2.75, 3.05) is 13.2 Å². The van der Waals surface area contributed by atoms with Gasteiger partial charge in [-0.1, -0.05) is 76.3 Å². The van der Waals surface area contributed by atoms with Gasteiger partial charge in [0.05, 0.1) is 9.79 Å². The summed E-state index contributed by atoms with van der Waals surface area (Å²) in [7, 11) is 0. The smallest absolute Gasteiger partial charge is 0.133 e. The molecule has 2 fully saturated rings. The standard InChI is InChI=1S/C32H46O4S/c1-31(13-5-3-6-14-31)25-19-23(11-9-17-33)21-27(29(25)35)37-28-22-24(12-10-18-34)20-26(30(28)36)32(2)15-7-4-8-16-32/h19-22,33-36H,3-18H2,1-2H3. The maximum Gasteiger partial charge on any atom is 0.133 e. The molecule has 4 nitrogen and oxygen atoms in total. The summed E-state index contributed by atoms with van der Waals surface area (Å²) in [5.41, 5.74) is 4.18. The summed E-state index contributed by atoms with van der Waals surface area (Å²) in [5.74, 6) is 0.681. The Morgan fingerprint density at radius 2 is 1.00 bits per heavy atom. The summed E-state index contributed by atoms with van der Waals surface area (Å²) in [4.78, 5) is 1.57. The zero-order chi connectivity index (χ0) is 26.5. The molecule has 5 heteroatoms. The number of hydrogen-bond acceptors (Lipinski definition) is 5. The van der Waals surface area contributed by atoms with Gasteiger partial charge in [0.1, 0.15) is 11.5 Å². The molecule has 2 saturated carbocycles. The lowest BCUT2D eigenvalue weighted by Crippen LogP contribution is -2.25. The first kappa shape index (κ1) is 28.3. The molecule has 2 aliphatic rings. The molecule has 0 aromatic heterocycles. The van der Waals surface area contributed by atoms with Crippen LogP contribution in [0.15, 0.2) is 34.1 Å². The number of aliphatic hydroxyl groups is 2. The van der Waals surface area contributed by atoms with Gasteiger partial charge in [0, 0.05) is 24.3 Å². The number of benzene rings is 2. The first-order valence-corrected chi connectivity index (χ1v) is 15.2. The zero-order valence-electron chi connectivity index (χ0n) is 22.8. The fraction of sp³-hybridized carbons (Fsp3) is 0.625. The average molecular weight is 527 g/mol. The molecule has 0 bridgehead atoms. The van der Waals surface area contributed by atoms with Crippen LogP contribution in [0.5, 0.6) is 11.5 Å². The predicted molar refractivity (Wildman–Crippen MR) is 152 cm³/mol. The predicted octanol–water partition coefficient (Wildman–Crippen LogP) is 7.54. The minimum absolute atomic E-state index is 0.0569. The van der Waals surface area contributed by atoms with E-state index >= 15 is 0 Å². The van der Waals surface area contributed by atoms with Gasteiger partial charge in [-0.15, -0.1) is 0 Å². The molecule has 4 rings (SSSR count). The van der Waals surface area contributed by atoms with E-state index in [0.29, 0.717) is 24.3 Å². The van der Waals surface area contributed by atoms with Crippen molar-refractivity contribution in [1.29, 1.82) is 0 Å². The van der Waals surface area contributed by atoms with Crippen molar-refractivity contribution in [3.05, 3.63) is 46.5 Å². The molecule has 37 heavy (non-hydrogen) atoms. The molecule has 0 amide bonds. The number of rotatable bonds is 10. The molecule has 4 N–H and O–H groups in total. The Kier molecular flexibility index (Phi) is 9.53. The van der Waals surface area contributed by atoms with E-state index < -0.39 is 0 Å². The van der Waals surface area contributed by atoms with E-state index in [1.165, 1.54) is 50.3 Å². The Bertz CT molecular complexity index is 968. The number of hydrogen-bond donors (Lipinski definition) is 4. The number of aliphatic hydroxyl groups excluding tert-OH is 2. The van der Waals surface area contributed by atoms with E-state index in [4.69, 9.17) is 0 Å². The van der Waals surface area contributed by atoms with E-state index in [0.717, 1.165) is 70.6 Å². The number of aryl methyl sites for hydroxylation is 2. The fourth-order valence-corrected chi connectivity index (χ4v) is 7.65. The summed E-state index contributed by atoms with van der Waals surface area (Å²) in [6.07, 6.45) is 14.4. The number of phenols is 2. The Balaban J connectivity index is 1.78. The monoisotopic (exact) mass is 526 g/mol. The molecule has 0 spiro atoms. The van der Waals surface area contributed by atoms with Gasteiger partial charge in [-0.3, -0.25) is 0 Å². The summed E-state index contributed by atoms with van der Waals surface area (Å²) in [6, 6.07) is 8.42. The molecule has 0 aliphatic heterocycles. The van der Waals surface area contributed by atoms with Crippen molar-refractivity contribution >= 4 is 11.8 Å². The lowest BCUT2D eigenvalue weighted by molar-refractivity contribution is 0.288. The molecule has 2 aliphatic carbocycles. The second-order valence-corrected chi connectivity index (χ2v) is 13.1. The molecule has 2 aromatic rings. The van der Waals surface area contributed by atoms with E-state index in [1.54, 1.807) is 0 Å². The van der Waals surface area contributed by atoms with E-state index in [-0.39, 0.29) is 24.0 Å². The SMILES string of the molecule is CC1(c2cc(CCCO)cc(Sc3cc(CCCO)cc(C4(C)CCCCC4)c3O)c2O)CCCCC1. The zero-order valence-corrected chi connectivity index (χ0v) is 23.6. The third kappa shape index (κ3) is 6.49. The molecule has 0 unspecified atom stereocenters. The van der Waals surface area contributed by atoms with E-state index in [1.807, 2.05) is 12.1 Å². The van der Waals surface area contributed by atoms with Crippen LogP contribution in [0.3, 0.4) is 0 Å². The van der Waals surface area contributed by atoms with Crippen molar-refractivity contribution < 1.29 is 20.4 Å². The third-order valence-corrected chi connectivity index (χ3v) is 10.0. The lowest BCUT2D eigenvalue weighted by Gasteiger charge is -2.36. The Labute approximate surface area is 227 Å². The molecule has 2 aromatic carbocycles. The van der Waals surface area contributed by atoms with Gasteiger partial charge in [-0.2, -0.15) is 0 Å². The van der Waals surface area contributed by atoms with Crippen molar-refractivity contribution in [2.24, 2.45) is 0 Å². The molecule has 0 heterocycles. The largest absolute Gasteiger partial charge is 0.506 e. The minimum atomic E-state index is -0.0569. The first-order chi connectivity index (χ1) is 17.8. The molecule has 0 saturated heterocycles. The van der Waals surface area contributed by atoms with Gasteiger partial charge >= 0.3 is 0 Å². The van der Waals surface area contributed by atoms with Crippen molar-refractivity contribution in [2.45, 2.75) is 124 Å². The lowest BCUT2D eigenvalue weighted by atomic mass is 9.70. The third-order valence-electron chi connectivity index (χ3n) is 8.95. The highest BCUT2D eigenvalue weighted by molar-refractivity contribution is 7.99. The van der Waals surface area contributed by atoms with Gasteiger partial charge in [-0.25, -0.2) is 0 Å². The second-order valence-electron chi connectivity index (χ2n) is 12.0. The van der Waals surface area contributed by atoms with Crippen LogP contribution in [-0.2, 0) is 23.7 Å². The van der Waals surface area contributed by atoms with Crippen LogP contribution in [0.25, 0.3) is 0 Å².